The fourth-order valence-electron chi connectivity index (χ4n) is 1.65. The molecule has 2 rings (SSSR count). The van der Waals surface area contributed by atoms with Gasteiger partial charge in [-0.25, -0.2) is 4.98 Å². The molecule has 0 amide bonds. The largest absolute Gasteiger partial charge is 0.369 e. The fraction of sp³-hybridized carbons (Fsp3) is 0.250. The minimum Gasteiger partial charge on any atom is -0.369 e. The Morgan fingerprint density at radius 1 is 1.31 bits per heavy atom. The van der Waals surface area contributed by atoms with Gasteiger partial charge in [0.15, 0.2) is 5.95 Å². The minimum absolute atomic E-state index is 0.575. The molecular weight excluding hydrogens is 222 g/mol. The van der Waals surface area contributed by atoms with Gasteiger partial charge in [0.2, 0.25) is 0 Å². The number of anilines is 1. The summed E-state index contributed by atoms with van der Waals surface area (Å²) in [4.78, 5) is 4.16. The quantitative estimate of drug-likeness (QED) is 0.889. The summed E-state index contributed by atoms with van der Waals surface area (Å²) in [5.41, 5.74) is 7.96. The molecule has 2 aromatic rings. The summed E-state index contributed by atoms with van der Waals surface area (Å²) >= 11 is 5.82. The fourth-order valence-corrected chi connectivity index (χ4v) is 1.77. The Bertz CT molecular complexity index is 474. The molecule has 2 N–H and O–H groups in total. The number of nitrogen functional groups attached to an aromatic ring is 1. The third kappa shape index (κ3) is 2.55. The van der Waals surface area contributed by atoms with Gasteiger partial charge in [-0.15, -0.1) is 0 Å². The van der Waals surface area contributed by atoms with Crippen molar-refractivity contribution >= 4 is 17.5 Å². The van der Waals surface area contributed by atoms with Crippen LogP contribution in [0.1, 0.15) is 11.3 Å². The van der Waals surface area contributed by atoms with Crippen molar-refractivity contribution in [3.63, 3.8) is 0 Å². The molecule has 0 aliphatic carbocycles. The van der Waals surface area contributed by atoms with Gasteiger partial charge in [0.05, 0.1) is 5.69 Å². The maximum absolute atomic E-state index is 5.82. The van der Waals surface area contributed by atoms with Crippen LogP contribution in [0.15, 0.2) is 30.5 Å². The first kappa shape index (κ1) is 11.0. The van der Waals surface area contributed by atoms with Crippen LogP contribution in [0.4, 0.5) is 5.95 Å². The standard InChI is InChI=1S/C12H14ClN3/c1-9-8-16(12(14)15-9)7-6-10-2-4-11(13)5-3-10/h2-5,8H,6-7H2,1H3,(H2,14,15). The first-order chi connectivity index (χ1) is 7.65. The van der Waals surface area contributed by atoms with E-state index in [1.54, 1.807) is 0 Å². The zero-order valence-corrected chi connectivity index (χ0v) is 9.91. The maximum atomic E-state index is 5.82. The van der Waals surface area contributed by atoms with Crippen LogP contribution in [0.3, 0.4) is 0 Å². The number of aryl methyl sites for hydroxylation is 3. The van der Waals surface area contributed by atoms with Crippen LogP contribution >= 0.6 is 11.6 Å². The van der Waals surface area contributed by atoms with Gasteiger partial charge in [0, 0.05) is 17.8 Å². The Kier molecular flexibility index (Phi) is 3.15. The highest BCUT2D eigenvalue weighted by Crippen LogP contribution is 2.11. The van der Waals surface area contributed by atoms with Crippen LogP contribution < -0.4 is 5.73 Å². The summed E-state index contributed by atoms with van der Waals surface area (Å²) in [6.07, 6.45) is 2.89. The topological polar surface area (TPSA) is 43.8 Å². The maximum Gasteiger partial charge on any atom is 0.200 e. The number of benzene rings is 1. The van der Waals surface area contributed by atoms with E-state index in [4.69, 9.17) is 17.3 Å². The lowest BCUT2D eigenvalue weighted by Crippen LogP contribution is -2.04. The van der Waals surface area contributed by atoms with Crippen molar-refractivity contribution < 1.29 is 0 Å². The van der Waals surface area contributed by atoms with E-state index in [9.17, 15) is 0 Å². The zero-order chi connectivity index (χ0) is 11.5. The number of hydrogen-bond donors (Lipinski definition) is 1. The van der Waals surface area contributed by atoms with Gasteiger partial charge in [-0.2, -0.15) is 0 Å². The predicted molar refractivity (Wildman–Crippen MR) is 66.5 cm³/mol. The number of rotatable bonds is 3. The Hall–Kier alpha value is -1.48. The lowest BCUT2D eigenvalue weighted by atomic mass is 10.1. The van der Waals surface area contributed by atoms with Gasteiger partial charge in [-0.05, 0) is 31.0 Å². The monoisotopic (exact) mass is 235 g/mol. The van der Waals surface area contributed by atoms with Crippen LogP contribution in [0.2, 0.25) is 5.02 Å². The molecule has 0 unspecified atom stereocenters. The molecule has 4 heteroatoms. The lowest BCUT2D eigenvalue weighted by molar-refractivity contribution is 0.705. The summed E-state index contributed by atoms with van der Waals surface area (Å²) in [7, 11) is 0. The molecule has 0 atom stereocenters. The molecule has 0 saturated carbocycles. The molecule has 0 fully saturated rings. The third-order valence-electron chi connectivity index (χ3n) is 2.48. The van der Waals surface area contributed by atoms with Crippen molar-refractivity contribution in [3.05, 3.63) is 46.7 Å². The van der Waals surface area contributed by atoms with Crippen LogP contribution in [0, 0.1) is 6.92 Å². The molecule has 0 spiro atoms. The highest BCUT2D eigenvalue weighted by Gasteiger charge is 2.01. The van der Waals surface area contributed by atoms with Crippen molar-refractivity contribution in [2.75, 3.05) is 5.73 Å². The van der Waals surface area contributed by atoms with Crippen molar-refractivity contribution in [2.24, 2.45) is 0 Å². The number of imidazole rings is 1. The van der Waals surface area contributed by atoms with Crippen LogP contribution in [-0.2, 0) is 13.0 Å². The van der Waals surface area contributed by atoms with E-state index in [1.165, 1.54) is 5.56 Å². The SMILES string of the molecule is Cc1cn(CCc2ccc(Cl)cc2)c(N)n1. The summed E-state index contributed by atoms with van der Waals surface area (Å²) < 4.78 is 1.96. The van der Waals surface area contributed by atoms with Crippen molar-refractivity contribution in [1.29, 1.82) is 0 Å². The van der Waals surface area contributed by atoms with E-state index in [1.807, 2.05) is 42.0 Å². The Balaban J connectivity index is 2.02. The highest BCUT2D eigenvalue weighted by molar-refractivity contribution is 6.30. The normalized spacial score (nSPS) is 10.6. The molecule has 0 bridgehead atoms. The number of nitrogens with zero attached hydrogens (tertiary/aromatic N) is 2. The number of hydrogen-bond acceptors (Lipinski definition) is 2. The molecule has 0 aliphatic heterocycles. The van der Waals surface area contributed by atoms with E-state index in [0.29, 0.717) is 5.95 Å². The van der Waals surface area contributed by atoms with Gasteiger partial charge < -0.3 is 10.3 Å². The Morgan fingerprint density at radius 3 is 2.56 bits per heavy atom. The summed E-state index contributed by atoms with van der Waals surface area (Å²) in [5, 5.41) is 0.765. The second kappa shape index (κ2) is 4.58. The average molecular weight is 236 g/mol. The molecular formula is C12H14ClN3. The van der Waals surface area contributed by atoms with E-state index < -0.39 is 0 Å². The molecule has 84 valence electrons. The summed E-state index contributed by atoms with van der Waals surface area (Å²) in [6, 6.07) is 7.86. The first-order valence-electron chi connectivity index (χ1n) is 5.19. The van der Waals surface area contributed by atoms with Crippen LogP contribution in [0.25, 0.3) is 0 Å². The molecule has 0 aliphatic rings. The van der Waals surface area contributed by atoms with Crippen LogP contribution in [-0.4, -0.2) is 9.55 Å². The summed E-state index contributed by atoms with van der Waals surface area (Å²) in [5.74, 6) is 0.575. The van der Waals surface area contributed by atoms with Gasteiger partial charge >= 0.3 is 0 Å². The van der Waals surface area contributed by atoms with E-state index in [2.05, 4.69) is 4.98 Å². The van der Waals surface area contributed by atoms with E-state index in [-0.39, 0.29) is 0 Å². The van der Waals surface area contributed by atoms with Crippen LogP contribution in [0.5, 0.6) is 0 Å². The van der Waals surface area contributed by atoms with Crippen molar-refractivity contribution in [2.45, 2.75) is 19.9 Å². The van der Waals surface area contributed by atoms with Gasteiger partial charge in [-0.3, -0.25) is 0 Å². The smallest absolute Gasteiger partial charge is 0.200 e. The number of halogens is 1. The van der Waals surface area contributed by atoms with Crippen molar-refractivity contribution in [3.8, 4) is 0 Å². The second-order valence-corrected chi connectivity index (χ2v) is 4.25. The average Bonchev–Trinajstić information content (AvgIpc) is 2.57. The molecule has 16 heavy (non-hydrogen) atoms. The van der Waals surface area contributed by atoms with E-state index >= 15 is 0 Å². The van der Waals surface area contributed by atoms with Crippen molar-refractivity contribution in [1.82, 2.24) is 9.55 Å². The number of nitrogens with two attached hydrogens (primary N) is 1. The molecule has 3 nitrogen and oxygen atoms in total. The van der Waals surface area contributed by atoms with Gasteiger partial charge in [0.1, 0.15) is 0 Å². The molecule has 1 aromatic heterocycles. The molecule has 0 radical (unpaired) electrons. The first-order valence-corrected chi connectivity index (χ1v) is 5.56. The molecule has 0 saturated heterocycles. The number of aromatic nitrogens is 2. The lowest BCUT2D eigenvalue weighted by Gasteiger charge is -2.04. The Morgan fingerprint density at radius 2 is 2.00 bits per heavy atom. The van der Waals surface area contributed by atoms with E-state index in [0.717, 1.165) is 23.7 Å². The zero-order valence-electron chi connectivity index (χ0n) is 9.15. The van der Waals surface area contributed by atoms with Gasteiger partial charge in [0.25, 0.3) is 0 Å². The summed E-state index contributed by atoms with van der Waals surface area (Å²) in [6.45, 7) is 2.78. The Labute approximate surface area is 99.9 Å². The van der Waals surface area contributed by atoms with Gasteiger partial charge in [-0.1, -0.05) is 23.7 Å². The molecule has 1 aromatic carbocycles. The second-order valence-electron chi connectivity index (χ2n) is 3.81. The molecule has 1 heterocycles. The third-order valence-corrected chi connectivity index (χ3v) is 2.73. The minimum atomic E-state index is 0.575. The highest BCUT2D eigenvalue weighted by atomic mass is 35.5. The predicted octanol–water partition coefficient (Wildman–Crippen LogP) is 2.67.